The molecule has 0 saturated carbocycles. The van der Waals surface area contributed by atoms with E-state index in [0.717, 1.165) is 10.0 Å². The van der Waals surface area contributed by atoms with Gasteiger partial charge in [0.15, 0.2) is 11.5 Å². The van der Waals surface area contributed by atoms with Crippen molar-refractivity contribution >= 4 is 21.9 Å². The van der Waals surface area contributed by atoms with Gasteiger partial charge < -0.3 is 19.9 Å². The summed E-state index contributed by atoms with van der Waals surface area (Å²) in [6, 6.07) is 3.89. The Labute approximate surface area is 127 Å². The summed E-state index contributed by atoms with van der Waals surface area (Å²) in [6.45, 7) is 3.81. The number of rotatable bonds is 9. The number of nitrogens with one attached hydrogen (secondary N) is 1. The van der Waals surface area contributed by atoms with E-state index in [1.165, 1.54) is 0 Å². The molecule has 0 atom stereocenters. The fraction of sp³-hybridized carbons (Fsp3) is 0.500. The molecule has 6 heteroatoms. The number of benzene rings is 1. The van der Waals surface area contributed by atoms with Crippen LogP contribution in [0.4, 0.5) is 0 Å². The zero-order valence-electron chi connectivity index (χ0n) is 11.7. The van der Waals surface area contributed by atoms with Gasteiger partial charge in [0.2, 0.25) is 0 Å². The summed E-state index contributed by atoms with van der Waals surface area (Å²) in [5.74, 6) is 0.616. The fourth-order valence-electron chi connectivity index (χ4n) is 1.78. The normalized spacial score (nSPS) is 10.3. The lowest BCUT2D eigenvalue weighted by molar-refractivity contribution is -0.137. The molecule has 0 fully saturated rings. The summed E-state index contributed by atoms with van der Waals surface area (Å²) in [5.41, 5.74) is 1.05. The maximum absolute atomic E-state index is 10.4. The first-order valence-corrected chi connectivity index (χ1v) is 7.29. The molecule has 0 aliphatic heterocycles. The Hall–Kier alpha value is -1.27. The summed E-state index contributed by atoms with van der Waals surface area (Å²) < 4.78 is 11.7. The zero-order chi connectivity index (χ0) is 15.0. The molecule has 1 rings (SSSR count). The Balaban J connectivity index is 2.59. The molecule has 0 aromatic heterocycles. The Morgan fingerprint density at radius 1 is 1.45 bits per heavy atom. The van der Waals surface area contributed by atoms with Crippen LogP contribution in [0.25, 0.3) is 0 Å². The summed E-state index contributed by atoms with van der Waals surface area (Å²) in [7, 11) is 1.60. The molecule has 5 nitrogen and oxygen atoms in total. The number of hydrogen-bond acceptors (Lipinski definition) is 4. The van der Waals surface area contributed by atoms with Gasteiger partial charge in [-0.1, -0.05) is 0 Å². The van der Waals surface area contributed by atoms with E-state index < -0.39 is 5.97 Å². The van der Waals surface area contributed by atoms with Crippen LogP contribution in [0.3, 0.4) is 0 Å². The van der Waals surface area contributed by atoms with Gasteiger partial charge in [-0.2, -0.15) is 0 Å². The lowest BCUT2D eigenvalue weighted by atomic mass is 10.2. The van der Waals surface area contributed by atoms with Crippen molar-refractivity contribution in [1.29, 1.82) is 0 Å². The van der Waals surface area contributed by atoms with Gasteiger partial charge in [0, 0.05) is 13.0 Å². The van der Waals surface area contributed by atoms with Crippen LogP contribution in [0.1, 0.15) is 25.3 Å². The van der Waals surface area contributed by atoms with Crippen LogP contribution in [0.15, 0.2) is 16.6 Å². The first-order valence-electron chi connectivity index (χ1n) is 6.50. The molecule has 0 unspecified atom stereocenters. The van der Waals surface area contributed by atoms with Crippen LogP contribution >= 0.6 is 15.9 Å². The maximum atomic E-state index is 10.4. The molecule has 0 amide bonds. The standard InChI is InChI=1S/C14H20BrNO4/c1-3-20-12-8-10(7-11(15)14(12)19-2)9-16-6-4-5-13(17)18/h7-8,16H,3-6,9H2,1-2H3,(H,17,18). The number of carbonyl (C=O) groups is 1. The van der Waals surface area contributed by atoms with Gasteiger partial charge in [-0.3, -0.25) is 4.79 Å². The minimum atomic E-state index is -0.766. The minimum Gasteiger partial charge on any atom is -0.492 e. The third-order valence-electron chi connectivity index (χ3n) is 2.65. The molecule has 0 saturated heterocycles. The Kier molecular flexibility index (Phi) is 7.40. The molecule has 20 heavy (non-hydrogen) atoms. The second kappa shape index (κ2) is 8.81. The van der Waals surface area contributed by atoms with Crippen LogP contribution in [0, 0.1) is 0 Å². The molecule has 0 heterocycles. The molecule has 0 spiro atoms. The van der Waals surface area contributed by atoms with Crippen molar-refractivity contribution in [2.75, 3.05) is 20.3 Å². The molecule has 1 aromatic rings. The van der Waals surface area contributed by atoms with Crippen molar-refractivity contribution in [3.8, 4) is 11.5 Å². The summed E-state index contributed by atoms with van der Waals surface area (Å²) in [5, 5.41) is 11.8. The number of halogens is 1. The van der Waals surface area contributed by atoms with E-state index in [2.05, 4.69) is 21.2 Å². The van der Waals surface area contributed by atoms with Gasteiger partial charge in [-0.25, -0.2) is 0 Å². The molecule has 1 aromatic carbocycles. The highest BCUT2D eigenvalue weighted by Crippen LogP contribution is 2.36. The highest BCUT2D eigenvalue weighted by molar-refractivity contribution is 9.10. The number of methoxy groups -OCH3 is 1. The van der Waals surface area contributed by atoms with Gasteiger partial charge in [0.25, 0.3) is 0 Å². The van der Waals surface area contributed by atoms with E-state index in [-0.39, 0.29) is 6.42 Å². The number of carboxylic acid groups (broad SMARTS) is 1. The van der Waals surface area contributed by atoms with Crippen molar-refractivity contribution in [1.82, 2.24) is 5.32 Å². The topological polar surface area (TPSA) is 67.8 Å². The highest BCUT2D eigenvalue weighted by atomic mass is 79.9. The van der Waals surface area contributed by atoms with Gasteiger partial charge in [0.1, 0.15) is 0 Å². The largest absolute Gasteiger partial charge is 0.492 e. The number of hydrogen-bond donors (Lipinski definition) is 2. The second-order valence-electron chi connectivity index (χ2n) is 4.22. The first kappa shape index (κ1) is 16.8. The van der Waals surface area contributed by atoms with Gasteiger partial charge in [-0.15, -0.1) is 0 Å². The molecule has 0 radical (unpaired) electrons. The highest BCUT2D eigenvalue weighted by Gasteiger charge is 2.10. The SMILES string of the molecule is CCOc1cc(CNCCCC(=O)O)cc(Br)c1OC. The van der Waals surface area contributed by atoms with Gasteiger partial charge >= 0.3 is 5.97 Å². The number of aliphatic carboxylic acids is 1. The van der Waals surface area contributed by atoms with E-state index in [4.69, 9.17) is 14.6 Å². The summed E-state index contributed by atoms with van der Waals surface area (Å²) >= 11 is 3.46. The lowest BCUT2D eigenvalue weighted by Gasteiger charge is -2.13. The molecule has 0 aliphatic rings. The smallest absolute Gasteiger partial charge is 0.303 e. The summed E-state index contributed by atoms with van der Waals surface area (Å²) in [4.78, 5) is 10.4. The van der Waals surface area contributed by atoms with Crippen LogP contribution in [-0.4, -0.2) is 31.3 Å². The van der Waals surface area contributed by atoms with E-state index in [1.54, 1.807) is 7.11 Å². The zero-order valence-corrected chi connectivity index (χ0v) is 13.3. The number of ether oxygens (including phenoxy) is 2. The predicted molar refractivity (Wildman–Crippen MR) is 80.4 cm³/mol. The fourth-order valence-corrected chi connectivity index (χ4v) is 2.43. The lowest BCUT2D eigenvalue weighted by Crippen LogP contribution is -2.16. The third-order valence-corrected chi connectivity index (χ3v) is 3.24. The molecular formula is C14H20BrNO4. The van der Waals surface area contributed by atoms with Crippen molar-refractivity contribution in [2.24, 2.45) is 0 Å². The maximum Gasteiger partial charge on any atom is 0.303 e. The number of carboxylic acids is 1. The Bertz CT molecular complexity index is 451. The Morgan fingerprint density at radius 2 is 2.20 bits per heavy atom. The third kappa shape index (κ3) is 5.38. The molecule has 0 aliphatic carbocycles. The van der Waals surface area contributed by atoms with Crippen molar-refractivity contribution in [2.45, 2.75) is 26.3 Å². The molecular weight excluding hydrogens is 326 g/mol. The van der Waals surface area contributed by atoms with Crippen LogP contribution in [0.5, 0.6) is 11.5 Å². The van der Waals surface area contributed by atoms with Gasteiger partial charge in [0.05, 0.1) is 18.2 Å². The van der Waals surface area contributed by atoms with E-state index in [0.29, 0.717) is 37.6 Å². The molecule has 2 N–H and O–H groups in total. The average molecular weight is 346 g/mol. The van der Waals surface area contributed by atoms with Crippen LogP contribution in [-0.2, 0) is 11.3 Å². The Morgan fingerprint density at radius 3 is 2.80 bits per heavy atom. The van der Waals surface area contributed by atoms with Crippen molar-refractivity contribution < 1.29 is 19.4 Å². The van der Waals surface area contributed by atoms with Gasteiger partial charge in [-0.05, 0) is 53.5 Å². The molecule has 112 valence electrons. The first-order chi connectivity index (χ1) is 9.58. The van der Waals surface area contributed by atoms with Crippen molar-refractivity contribution in [3.63, 3.8) is 0 Å². The van der Waals surface area contributed by atoms with Crippen LogP contribution < -0.4 is 14.8 Å². The molecule has 0 bridgehead atoms. The van der Waals surface area contributed by atoms with Crippen molar-refractivity contribution in [3.05, 3.63) is 22.2 Å². The van der Waals surface area contributed by atoms with E-state index in [9.17, 15) is 4.79 Å². The minimum absolute atomic E-state index is 0.184. The summed E-state index contributed by atoms with van der Waals surface area (Å²) in [6.07, 6.45) is 0.800. The predicted octanol–water partition coefficient (Wildman–Crippen LogP) is 2.81. The quantitative estimate of drug-likeness (QED) is 0.673. The van der Waals surface area contributed by atoms with E-state index in [1.807, 2.05) is 19.1 Å². The second-order valence-corrected chi connectivity index (χ2v) is 5.07. The van der Waals surface area contributed by atoms with Crippen LogP contribution in [0.2, 0.25) is 0 Å². The van der Waals surface area contributed by atoms with E-state index >= 15 is 0 Å². The average Bonchev–Trinajstić information content (AvgIpc) is 2.38. The monoisotopic (exact) mass is 345 g/mol.